The summed E-state index contributed by atoms with van der Waals surface area (Å²) in [6.07, 6.45) is 3.16. The van der Waals surface area contributed by atoms with E-state index in [-0.39, 0.29) is 16.9 Å². The lowest BCUT2D eigenvalue weighted by atomic mass is 10.3. The Morgan fingerprint density at radius 2 is 1.88 bits per heavy atom. The fraction of sp³-hybridized carbons (Fsp3) is 0.176. The standard InChI is InChI=1S/C17H15F2N5OS/c1-23(13-8-4-3-5-9-13)15(25)17(18,19)26-16-22-21-14(24(16)2)12-7-6-10-20-11-12/h3-11H,1-2H3. The van der Waals surface area contributed by atoms with Crippen LogP contribution in [0.4, 0.5) is 14.5 Å². The monoisotopic (exact) mass is 375 g/mol. The third-order valence-electron chi connectivity index (χ3n) is 3.67. The molecule has 0 saturated carbocycles. The van der Waals surface area contributed by atoms with Gasteiger partial charge in [0.2, 0.25) is 0 Å². The van der Waals surface area contributed by atoms with Gasteiger partial charge in [0.05, 0.1) is 0 Å². The molecule has 6 nitrogen and oxygen atoms in total. The maximum atomic E-state index is 14.5. The Labute approximate surface area is 152 Å². The Bertz CT molecular complexity index is 902. The number of aromatic nitrogens is 4. The Morgan fingerprint density at radius 1 is 1.15 bits per heavy atom. The number of halogens is 2. The molecular weight excluding hydrogens is 360 g/mol. The minimum absolute atomic E-state index is 0.0635. The van der Waals surface area contributed by atoms with Crippen LogP contribution < -0.4 is 4.90 Å². The Kier molecular flexibility index (Phi) is 4.99. The molecular formula is C17H15F2N5OS. The molecule has 3 aromatic rings. The topological polar surface area (TPSA) is 63.9 Å². The lowest BCUT2D eigenvalue weighted by Gasteiger charge is -2.22. The number of pyridine rings is 1. The van der Waals surface area contributed by atoms with E-state index in [1.54, 1.807) is 61.9 Å². The molecule has 0 atom stereocenters. The fourth-order valence-electron chi connectivity index (χ4n) is 2.27. The summed E-state index contributed by atoms with van der Waals surface area (Å²) in [5.41, 5.74) is 1.03. The molecule has 1 amide bonds. The first-order chi connectivity index (χ1) is 12.4. The van der Waals surface area contributed by atoms with Crippen molar-refractivity contribution >= 4 is 23.4 Å². The Morgan fingerprint density at radius 3 is 2.54 bits per heavy atom. The molecule has 0 unspecified atom stereocenters. The predicted molar refractivity (Wildman–Crippen MR) is 94.9 cm³/mol. The summed E-state index contributed by atoms with van der Waals surface area (Å²) in [4.78, 5) is 17.1. The molecule has 0 spiro atoms. The van der Waals surface area contributed by atoms with Crippen molar-refractivity contribution in [3.63, 3.8) is 0 Å². The highest BCUT2D eigenvalue weighted by Crippen LogP contribution is 2.37. The zero-order valence-corrected chi connectivity index (χ0v) is 14.8. The van der Waals surface area contributed by atoms with Crippen molar-refractivity contribution < 1.29 is 13.6 Å². The summed E-state index contributed by atoms with van der Waals surface area (Å²) in [7, 11) is 2.87. The summed E-state index contributed by atoms with van der Waals surface area (Å²) in [6.45, 7) is 0. The molecule has 0 fully saturated rings. The van der Waals surface area contributed by atoms with Gasteiger partial charge in [0.15, 0.2) is 11.0 Å². The largest absolute Gasteiger partial charge is 0.378 e. The summed E-state index contributed by atoms with van der Waals surface area (Å²) in [5, 5.41) is 3.95. The van der Waals surface area contributed by atoms with Crippen molar-refractivity contribution in [1.82, 2.24) is 19.7 Å². The van der Waals surface area contributed by atoms with Gasteiger partial charge >= 0.3 is 11.2 Å². The van der Waals surface area contributed by atoms with Crippen LogP contribution in [0, 0.1) is 0 Å². The average Bonchev–Trinajstić information content (AvgIpc) is 3.01. The van der Waals surface area contributed by atoms with E-state index in [2.05, 4.69) is 15.2 Å². The van der Waals surface area contributed by atoms with Gasteiger partial charge in [-0.2, -0.15) is 8.78 Å². The quantitative estimate of drug-likeness (QED) is 0.641. The minimum Gasteiger partial charge on any atom is -0.309 e. The first-order valence-electron chi connectivity index (χ1n) is 7.60. The van der Waals surface area contributed by atoms with Crippen molar-refractivity contribution in [2.75, 3.05) is 11.9 Å². The van der Waals surface area contributed by atoms with Gasteiger partial charge in [-0.1, -0.05) is 18.2 Å². The number of hydrogen-bond acceptors (Lipinski definition) is 5. The van der Waals surface area contributed by atoms with Crippen LogP contribution in [0.5, 0.6) is 0 Å². The van der Waals surface area contributed by atoms with Crippen molar-refractivity contribution in [1.29, 1.82) is 0 Å². The van der Waals surface area contributed by atoms with E-state index in [1.807, 2.05) is 0 Å². The van der Waals surface area contributed by atoms with E-state index >= 15 is 0 Å². The van der Waals surface area contributed by atoms with E-state index in [1.165, 1.54) is 11.6 Å². The third-order valence-corrected chi connectivity index (χ3v) is 4.64. The molecule has 26 heavy (non-hydrogen) atoms. The molecule has 2 aromatic heterocycles. The van der Waals surface area contributed by atoms with Crippen molar-refractivity contribution in [3.8, 4) is 11.4 Å². The van der Waals surface area contributed by atoms with Crippen molar-refractivity contribution in [2.45, 2.75) is 10.4 Å². The van der Waals surface area contributed by atoms with Gasteiger partial charge in [0.1, 0.15) is 0 Å². The van der Waals surface area contributed by atoms with Gasteiger partial charge in [0, 0.05) is 37.7 Å². The first-order valence-corrected chi connectivity index (χ1v) is 8.41. The van der Waals surface area contributed by atoms with Crippen LogP contribution in [0.1, 0.15) is 0 Å². The molecule has 0 aliphatic carbocycles. The number of amides is 1. The predicted octanol–water partition coefficient (Wildman–Crippen LogP) is 3.23. The number of rotatable bonds is 5. The van der Waals surface area contributed by atoms with Crippen LogP contribution in [0.25, 0.3) is 11.4 Å². The number of carbonyl (C=O) groups excluding carboxylic acids is 1. The van der Waals surface area contributed by atoms with E-state index in [4.69, 9.17) is 0 Å². The van der Waals surface area contributed by atoms with Gasteiger partial charge in [0.25, 0.3) is 0 Å². The molecule has 134 valence electrons. The molecule has 0 radical (unpaired) electrons. The number of benzene rings is 1. The highest BCUT2D eigenvalue weighted by Gasteiger charge is 2.44. The van der Waals surface area contributed by atoms with Crippen LogP contribution in [0.15, 0.2) is 60.0 Å². The van der Waals surface area contributed by atoms with Crippen LogP contribution in [-0.2, 0) is 11.8 Å². The summed E-state index contributed by atoms with van der Waals surface area (Å²) in [5.74, 6) is -0.945. The SMILES string of the molecule is CN(C(=O)C(F)(F)Sc1nnc(-c2cccnc2)n1C)c1ccccc1. The molecule has 0 N–H and O–H groups in total. The molecule has 2 heterocycles. The maximum absolute atomic E-state index is 14.5. The number of hydrogen-bond donors (Lipinski definition) is 0. The number of carbonyl (C=O) groups is 1. The van der Waals surface area contributed by atoms with Gasteiger partial charge in [-0.25, -0.2) is 0 Å². The van der Waals surface area contributed by atoms with Gasteiger partial charge < -0.3 is 9.47 Å². The molecule has 0 bridgehead atoms. The summed E-state index contributed by atoms with van der Waals surface area (Å²) >= 11 is 0.0635. The lowest BCUT2D eigenvalue weighted by molar-refractivity contribution is -0.131. The van der Waals surface area contributed by atoms with Crippen molar-refractivity contribution in [3.05, 3.63) is 54.9 Å². The normalized spacial score (nSPS) is 11.4. The molecule has 3 rings (SSSR count). The zero-order valence-electron chi connectivity index (χ0n) is 14.0. The molecule has 0 saturated heterocycles. The minimum atomic E-state index is -3.70. The molecule has 0 aliphatic rings. The van der Waals surface area contributed by atoms with E-state index in [9.17, 15) is 13.6 Å². The smallest absolute Gasteiger partial charge is 0.309 e. The van der Waals surface area contributed by atoms with Crippen LogP contribution in [0.3, 0.4) is 0 Å². The maximum Gasteiger partial charge on any atom is 0.378 e. The van der Waals surface area contributed by atoms with Gasteiger partial charge in [-0.3, -0.25) is 9.78 Å². The lowest BCUT2D eigenvalue weighted by Crippen LogP contribution is -2.39. The van der Waals surface area contributed by atoms with Gasteiger partial charge in [-0.05, 0) is 36.0 Å². The van der Waals surface area contributed by atoms with E-state index in [0.29, 0.717) is 17.1 Å². The third kappa shape index (κ3) is 3.57. The summed E-state index contributed by atoms with van der Waals surface area (Å²) < 4.78 is 30.4. The van der Waals surface area contributed by atoms with Crippen LogP contribution in [-0.4, -0.2) is 38.0 Å². The van der Waals surface area contributed by atoms with Gasteiger partial charge in [-0.15, -0.1) is 10.2 Å². The van der Waals surface area contributed by atoms with Crippen molar-refractivity contribution in [2.24, 2.45) is 7.05 Å². The fourth-order valence-corrected chi connectivity index (χ4v) is 3.03. The summed E-state index contributed by atoms with van der Waals surface area (Å²) in [6, 6.07) is 11.7. The second kappa shape index (κ2) is 7.20. The highest BCUT2D eigenvalue weighted by atomic mass is 32.2. The number of anilines is 1. The number of alkyl halides is 2. The second-order valence-corrected chi connectivity index (χ2v) is 6.51. The first kappa shape index (κ1) is 18.0. The highest BCUT2D eigenvalue weighted by molar-refractivity contribution is 8.00. The number of thioether (sulfide) groups is 1. The molecule has 9 heteroatoms. The Hall–Kier alpha value is -2.81. The van der Waals surface area contributed by atoms with Crippen LogP contribution in [0.2, 0.25) is 0 Å². The molecule has 1 aromatic carbocycles. The van der Waals surface area contributed by atoms with Crippen LogP contribution >= 0.6 is 11.8 Å². The van der Waals surface area contributed by atoms with E-state index < -0.39 is 11.2 Å². The Balaban J connectivity index is 1.81. The second-order valence-electron chi connectivity index (χ2n) is 5.43. The van der Waals surface area contributed by atoms with E-state index in [0.717, 1.165) is 4.90 Å². The number of para-hydroxylation sites is 1. The average molecular weight is 375 g/mol. The number of nitrogens with zero attached hydrogens (tertiary/aromatic N) is 5. The zero-order chi connectivity index (χ0) is 18.7. The molecule has 0 aliphatic heterocycles.